The van der Waals surface area contributed by atoms with Crippen LogP contribution < -0.4 is 10.6 Å². The minimum Gasteiger partial charge on any atom is -0.256 e. The topological polar surface area (TPSA) is 12.9 Å². The maximum Gasteiger partial charge on any atom is 0.0738 e. The van der Waals surface area contributed by atoms with Crippen molar-refractivity contribution in [2.45, 2.75) is 6.16 Å². The highest BCUT2D eigenvalue weighted by atomic mass is 35.5. The zero-order valence-electron chi connectivity index (χ0n) is 14.8. The second-order valence-corrected chi connectivity index (χ2v) is 8.92. The third-order valence-electron chi connectivity index (χ3n) is 4.45. The minimum atomic E-state index is -0.514. The molecule has 3 aromatic carbocycles. The summed E-state index contributed by atoms with van der Waals surface area (Å²) < 4.78 is 0. The molecule has 27 heavy (non-hydrogen) atoms. The molecule has 0 aliphatic heterocycles. The maximum absolute atomic E-state index is 6.22. The van der Waals surface area contributed by atoms with Crippen molar-refractivity contribution in [1.29, 1.82) is 0 Å². The largest absolute Gasteiger partial charge is 0.256 e. The molecule has 0 saturated carbocycles. The number of benzene rings is 3. The highest BCUT2D eigenvalue weighted by molar-refractivity contribution is 7.72. The molecule has 4 rings (SSSR count). The molecule has 4 aromatic rings. The second kappa shape index (κ2) is 8.48. The van der Waals surface area contributed by atoms with Gasteiger partial charge in [0, 0.05) is 22.9 Å². The first kappa shape index (κ1) is 17.9. The van der Waals surface area contributed by atoms with Gasteiger partial charge in [-0.1, -0.05) is 90.5 Å². The third kappa shape index (κ3) is 4.27. The van der Waals surface area contributed by atoms with Crippen LogP contribution in [0.3, 0.4) is 0 Å². The summed E-state index contributed by atoms with van der Waals surface area (Å²) in [7, 11) is -0.514. The molecule has 132 valence electrons. The summed E-state index contributed by atoms with van der Waals surface area (Å²) in [5, 5.41) is 3.48. The third-order valence-corrected chi connectivity index (χ3v) is 7.19. The first-order chi connectivity index (χ1) is 13.3. The fourth-order valence-corrected chi connectivity index (χ4v) is 5.69. The molecule has 0 radical (unpaired) electrons. The SMILES string of the molecule is Clc1cccc(-c2ncccc2CP(c2ccccc2)c2ccccc2)c1. The molecular weight excluding hydrogens is 369 g/mol. The van der Waals surface area contributed by atoms with Gasteiger partial charge in [-0.2, -0.15) is 0 Å². The van der Waals surface area contributed by atoms with Crippen LogP contribution in [0.25, 0.3) is 11.3 Å². The lowest BCUT2D eigenvalue weighted by molar-refractivity contribution is 1.25. The van der Waals surface area contributed by atoms with Crippen molar-refractivity contribution in [2.75, 3.05) is 0 Å². The number of nitrogens with zero attached hydrogens (tertiary/aromatic N) is 1. The van der Waals surface area contributed by atoms with Crippen molar-refractivity contribution in [2.24, 2.45) is 0 Å². The maximum atomic E-state index is 6.22. The quantitative estimate of drug-likeness (QED) is 0.381. The van der Waals surface area contributed by atoms with Crippen LogP contribution in [0.1, 0.15) is 5.56 Å². The molecule has 0 amide bonds. The molecule has 0 spiro atoms. The van der Waals surface area contributed by atoms with Crippen LogP contribution in [-0.2, 0) is 6.16 Å². The molecular formula is C24H19ClNP. The molecule has 1 nitrogen and oxygen atoms in total. The van der Waals surface area contributed by atoms with Crippen LogP contribution in [-0.4, -0.2) is 4.98 Å². The first-order valence-corrected chi connectivity index (χ1v) is 10.8. The van der Waals surface area contributed by atoms with Gasteiger partial charge in [0.2, 0.25) is 0 Å². The Morgan fingerprint density at radius 3 is 2.00 bits per heavy atom. The van der Waals surface area contributed by atoms with Gasteiger partial charge in [-0.3, -0.25) is 4.98 Å². The Kier molecular flexibility index (Phi) is 5.63. The molecule has 0 N–H and O–H groups in total. The van der Waals surface area contributed by atoms with E-state index in [1.54, 1.807) is 0 Å². The number of pyridine rings is 1. The molecule has 3 heteroatoms. The van der Waals surface area contributed by atoms with Crippen molar-refractivity contribution < 1.29 is 0 Å². The van der Waals surface area contributed by atoms with E-state index in [1.165, 1.54) is 16.2 Å². The average molecular weight is 388 g/mol. The predicted molar refractivity (Wildman–Crippen MR) is 117 cm³/mol. The molecule has 0 aliphatic carbocycles. The van der Waals surface area contributed by atoms with Gasteiger partial charge in [-0.05, 0) is 42.3 Å². The number of halogens is 1. The van der Waals surface area contributed by atoms with E-state index in [2.05, 4.69) is 77.8 Å². The lowest BCUT2D eigenvalue weighted by atomic mass is 10.1. The predicted octanol–water partition coefficient (Wildman–Crippen LogP) is 6.03. The van der Waals surface area contributed by atoms with Crippen molar-refractivity contribution in [3.8, 4) is 11.3 Å². The lowest BCUT2D eigenvalue weighted by Crippen LogP contribution is -2.13. The summed E-state index contributed by atoms with van der Waals surface area (Å²) in [6.07, 6.45) is 2.80. The zero-order valence-corrected chi connectivity index (χ0v) is 16.4. The molecule has 0 aliphatic rings. The zero-order chi connectivity index (χ0) is 18.5. The van der Waals surface area contributed by atoms with E-state index in [1.807, 2.05) is 30.5 Å². The van der Waals surface area contributed by atoms with E-state index >= 15 is 0 Å². The Morgan fingerprint density at radius 2 is 1.37 bits per heavy atom. The van der Waals surface area contributed by atoms with E-state index in [9.17, 15) is 0 Å². The van der Waals surface area contributed by atoms with Gasteiger partial charge in [-0.25, -0.2) is 0 Å². The number of rotatable bonds is 5. The molecule has 0 unspecified atom stereocenters. The molecule has 0 fully saturated rings. The molecule has 0 atom stereocenters. The summed E-state index contributed by atoms with van der Waals surface area (Å²) >= 11 is 6.22. The van der Waals surface area contributed by atoms with E-state index < -0.39 is 7.92 Å². The Bertz CT molecular complexity index is 979. The standard InChI is InChI=1S/C24H19ClNP/c25-21-11-7-9-19(17-21)24-20(10-8-16-26-24)18-27(22-12-3-1-4-13-22)23-14-5-2-6-15-23/h1-17H,18H2. The Hall–Kier alpha value is -2.47. The first-order valence-electron chi connectivity index (χ1n) is 8.89. The normalized spacial score (nSPS) is 10.9. The van der Waals surface area contributed by atoms with Gasteiger partial charge in [-0.15, -0.1) is 0 Å². The fourth-order valence-electron chi connectivity index (χ4n) is 3.18. The van der Waals surface area contributed by atoms with Crippen LogP contribution in [0.5, 0.6) is 0 Å². The summed E-state index contributed by atoms with van der Waals surface area (Å²) in [6.45, 7) is 0. The van der Waals surface area contributed by atoms with Crippen molar-refractivity contribution in [3.63, 3.8) is 0 Å². The van der Waals surface area contributed by atoms with Gasteiger partial charge in [0.25, 0.3) is 0 Å². The van der Waals surface area contributed by atoms with Crippen LogP contribution in [0.15, 0.2) is 103 Å². The van der Waals surface area contributed by atoms with Crippen LogP contribution >= 0.6 is 19.5 Å². The molecule has 0 bridgehead atoms. The monoisotopic (exact) mass is 387 g/mol. The summed E-state index contributed by atoms with van der Waals surface area (Å²) in [4.78, 5) is 4.68. The van der Waals surface area contributed by atoms with Gasteiger partial charge >= 0.3 is 0 Å². The highest BCUT2D eigenvalue weighted by Crippen LogP contribution is 2.40. The number of hydrogen-bond acceptors (Lipinski definition) is 1. The van der Waals surface area contributed by atoms with Crippen LogP contribution in [0.2, 0.25) is 5.02 Å². The highest BCUT2D eigenvalue weighted by Gasteiger charge is 2.17. The lowest BCUT2D eigenvalue weighted by Gasteiger charge is -2.20. The number of aromatic nitrogens is 1. The molecule has 0 saturated heterocycles. The van der Waals surface area contributed by atoms with E-state index in [0.29, 0.717) is 0 Å². The van der Waals surface area contributed by atoms with Gasteiger partial charge in [0.1, 0.15) is 0 Å². The van der Waals surface area contributed by atoms with Crippen molar-refractivity contribution in [3.05, 3.63) is 114 Å². The van der Waals surface area contributed by atoms with E-state index in [4.69, 9.17) is 11.6 Å². The molecule has 1 aromatic heterocycles. The van der Waals surface area contributed by atoms with E-state index in [0.717, 1.165) is 22.4 Å². The van der Waals surface area contributed by atoms with Crippen molar-refractivity contribution in [1.82, 2.24) is 4.98 Å². The van der Waals surface area contributed by atoms with Crippen LogP contribution in [0.4, 0.5) is 0 Å². The van der Waals surface area contributed by atoms with Gasteiger partial charge < -0.3 is 0 Å². The van der Waals surface area contributed by atoms with Gasteiger partial charge in [0.15, 0.2) is 0 Å². The Labute approximate surface area is 166 Å². The van der Waals surface area contributed by atoms with Crippen molar-refractivity contribution >= 4 is 30.1 Å². The van der Waals surface area contributed by atoms with Gasteiger partial charge in [0.05, 0.1) is 5.69 Å². The summed E-state index contributed by atoms with van der Waals surface area (Å²) in [5.41, 5.74) is 3.33. The smallest absolute Gasteiger partial charge is 0.0738 e. The van der Waals surface area contributed by atoms with Crippen LogP contribution in [0, 0.1) is 0 Å². The number of hydrogen-bond donors (Lipinski definition) is 0. The summed E-state index contributed by atoms with van der Waals surface area (Å²) in [6, 6.07) is 33.7. The fraction of sp³-hybridized carbons (Fsp3) is 0.0417. The minimum absolute atomic E-state index is 0.514. The Balaban J connectivity index is 1.77. The Morgan fingerprint density at radius 1 is 0.704 bits per heavy atom. The van der Waals surface area contributed by atoms with E-state index in [-0.39, 0.29) is 0 Å². The average Bonchev–Trinajstić information content (AvgIpc) is 2.73. The molecule has 1 heterocycles. The second-order valence-electron chi connectivity index (χ2n) is 6.28. The summed E-state index contributed by atoms with van der Waals surface area (Å²) in [5.74, 6) is 0.